The van der Waals surface area contributed by atoms with Crippen molar-refractivity contribution in [3.8, 4) is 0 Å². The topological polar surface area (TPSA) is 70.5 Å². The molecule has 1 aromatic rings. The predicted molar refractivity (Wildman–Crippen MR) is 70.0 cm³/mol. The number of nitrogens with zero attached hydrogens (tertiary/aromatic N) is 2. The first-order valence-electron chi connectivity index (χ1n) is 6.47. The van der Waals surface area contributed by atoms with Crippen LogP contribution in [-0.2, 0) is 0 Å². The fourth-order valence-corrected chi connectivity index (χ4v) is 2.37. The summed E-state index contributed by atoms with van der Waals surface area (Å²) in [4.78, 5) is 29.0. The molecule has 1 N–H and O–H groups in total. The van der Waals surface area contributed by atoms with Crippen LogP contribution in [-0.4, -0.2) is 40.0 Å². The average molecular weight is 262 g/mol. The quantitative estimate of drug-likeness (QED) is 0.883. The monoisotopic (exact) mass is 262 g/mol. The minimum absolute atomic E-state index is 0.0289. The first-order chi connectivity index (χ1) is 9.00. The molecule has 0 bridgehead atoms. The second-order valence-corrected chi connectivity index (χ2v) is 5.22. The Kier molecular flexibility index (Phi) is 3.83. The molecule has 5 heteroatoms. The van der Waals surface area contributed by atoms with Crippen molar-refractivity contribution in [3.63, 3.8) is 0 Å². The van der Waals surface area contributed by atoms with E-state index in [9.17, 15) is 9.59 Å². The summed E-state index contributed by atoms with van der Waals surface area (Å²) in [5, 5.41) is 9.10. The largest absolute Gasteiger partial charge is 0.478 e. The summed E-state index contributed by atoms with van der Waals surface area (Å²) in [7, 11) is 0. The molecule has 1 aliphatic heterocycles. The van der Waals surface area contributed by atoms with Gasteiger partial charge in [-0.1, -0.05) is 13.8 Å². The molecule has 102 valence electrons. The van der Waals surface area contributed by atoms with Crippen LogP contribution in [0.1, 0.15) is 41.0 Å². The van der Waals surface area contributed by atoms with E-state index in [2.05, 4.69) is 18.8 Å². The molecule has 1 aliphatic rings. The van der Waals surface area contributed by atoms with Crippen molar-refractivity contribution in [1.82, 2.24) is 9.88 Å². The maximum atomic E-state index is 12.4. The van der Waals surface area contributed by atoms with Gasteiger partial charge in [0.25, 0.3) is 5.91 Å². The number of carbonyl (C=O) groups excluding carboxylic acids is 1. The van der Waals surface area contributed by atoms with Crippen LogP contribution >= 0.6 is 0 Å². The van der Waals surface area contributed by atoms with Crippen LogP contribution in [0, 0.1) is 11.8 Å². The van der Waals surface area contributed by atoms with Crippen molar-refractivity contribution in [2.75, 3.05) is 13.1 Å². The molecule has 19 heavy (non-hydrogen) atoms. The van der Waals surface area contributed by atoms with Gasteiger partial charge in [-0.15, -0.1) is 0 Å². The molecule has 0 aromatic carbocycles. The molecule has 2 heterocycles. The third-order valence-corrected chi connectivity index (χ3v) is 3.90. The molecule has 0 aliphatic carbocycles. The Labute approximate surface area is 112 Å². The Morgan fingerprint density at radius 3 is 2.68 bits per heavy atom. The number of aromatic carboxylic acids is 1. The smallest absolute Gasteiger partial charge is 0.338 e. The fourth-order valence-electron chi connectivity index (χ4n) is 2.37. The fraction of sp³-hybridized carbons (Fsp3) is 0.500. The van der Waals surface area contributed by atoms with E-state index < -0.39 is 5.97 Å². The summed E-state index contributed by atoms with van der Waals surface area (Å²) in [6.07, 6.45) is 3.64. The molecule has 1 saturated heterocycles. The lowest BCUT2D eigenvalue weighted by Gasteiger charge is -2.35. The Hall–Kier alpha value is -1.91. The summed E-state index contributed by atoms with van der Waals surface area (Å²) >= 11 is 0. The Bertz CT molecular complexity index is 501. The van der Waals surface area contributed by atoms with Crippen molar-refractivity contribution in [2.24, 2.45) is 11.8 Å². The lowest BCUT2D eigenvalue weighted by atomic mass is 9.88. The number of pyridine rings is 1. The number of hydrogen-bond donors (Lipinski definition) is 1. The minimum Gasteiger partial charge on any atom is -0.478 e. The van der Waals surface area contributed by atoms with Gasteiger partial charge in [-0.05, 0) is 24.3 Å². The second kappa shape index (κ2) is 5.38. The van der Waals surface area contributed by atoms with Gasteiger partial charge < -0.3 is 10.0 Å². The third-order valence-electron chi connectivity index (χ3n) is 3.90. The van der Waals surface area contributed by atoms with Gasteiger partial charge in [-0.25, -0.2) is 4.79 Å². The Morgan fingerprint density at radius 1 is 1.32 bits per heavy atom. The maximum Gasteiger partial charge on any atom is 0.338 e. The highest BCUT2D eigenvalue weighted by Gasteiger charge is 2.28. The second-order valence-electron chi connectivity index (χ2n) is 5.22. The molecule has 5 nitrogen and oxygen atoms in total. The van der Waals surface area contributed by atoms with E-state index in [0.29, 0.717) is 24.9 Å². The highest BCUT2D eigenvalue weighted by molar-refractivity contribution is 6.04. The normalized spacial score (nSPS) is 23.2. The lowest BCUT2D eigenvalue weighted by Crippen LogP contribution is -2.42. The number of carbonyl (C=O) groups is 2. The first-order valence-corrected chi connectivity index (χ1v) is 6.47. The molecule has 0 saturated carbocycles. The van der Waals surface area contributed by atoms with Crippen LogP contribution in [0.3, 0.4) is 0 Å². The molecule has 2 unspecified atom stereocenters. The van der Waals surface area contributed by atoms with Crippen molar-refractivity contribution in [2.45, 2.75) is 20.3 Å². The molecule has 0 radical (unpaired) electrons. The molecular weight excluding hydrogens is 244 g/mol. The van der Waals surface area contributed by atoms with Gasteiger partial charge in [0.15, 0.2) is 0 Å². The van der Waals surface area contributed by atoms with E-state index in [-0.39, 0.29) is 17.0 Å². The van der Waals surface area contributed by atoms with Crippen LogP contribution < -0.4 is 0 Å². The number of hydrogen-bond acceptors (Lipinski definition) is 3. The van der Waals surface area contributed by atoms with Crippen LogP contribution in [0.5, 0.6) is 0 Å². The van der Waals surface area contributed by atoms with Crippen LogP contribution in [0.4, 0.5) is 0 Å². The first kappa shape index (κ1) is 13.5. The van der Waals surface area contributed by atoms with Crippen LogP contribution in [0.25, 0.3) is 0 Å². The molecule has 1 fully saturated rings. The summed E-state index contributed by atoms with van der Waals surface area (Å²) < 4.78 is 0. The average Bonchev–Trinajstić information content (AvgIpc) is 2.41. The Morgan fingerprint density at radius 2 is 2.05 bits per heavy atom. The SMILES string of the molecule is CC1CCN(C(=O)c2ccncc2C(=O)O)CC1C. The number of carboxylic acids is 1. The number of rotatable bonds is 2. The zero-order valence-electron chi connectivity index (χ0n) is 11.2. The number of likely N-dealkylation sites (tertiary alicyclic amines) is 1. The van der Waals surface area contributed by atoms with Crippen molar-refractivity contribution in [3.05, 3.63) is 29.6 Å². The summed E-state index contributed by atoms with van der Waals surface area (Å²) in [5.41, 5.74) is 0.197. The van der Waals surface area contributed by atoms with Crippen LogP contribution in [0.2, 0.25) is 0 Å². The maximum absolute atomic E-state index is 12.4. The van der Waals surface area contributed by atoms with Crippen molar-refractivity contribution in [1.29, 1.82) is 0 Å². The highest BCUT2D eigenvalue weighted by atomic mass is 16.4. The van der Waals surface area contributed by atoms with Gasteiger partial charge in [-0.3, -0.25) is 9.78 Å². The molecule has 2 atom stereocenters. The van der Waals surface area contributed by atoms with Crippen molar-refractivity contribution < 1.29 is 14.7 Å². The Balaban J connectivity index is 2.23. The standard InChI is InChI=1S/C14H18N2O3/c1-9-4-6-16(8-10(9)2)13(17)11-3-5-15-7-12(11)14(18)19/h3,5,7,9-10H,4,6,8H2,1-2H3,(H,18,19). The van der Waals surface area contributed by atoms with E-state index in [1.165, 1.54) is 18.5 Å². The molecular formula is C14H18N2O3. The zero-order chi connectivity index (χ0) is 14.0. The minimum atomic E-state index is -1.12. The predicted octanol–water partition coefficient (Wildman–Crippen LogP) is 1.90. The van der Waals surface area contributed by atoms with Gasteiger partial charge in [0.1, 0.15) is 0 Å². The highest BCUT2D eigenvalue weighted by Crippen LogP contribution is 2.24. The number of amides is 1. The third kappa shape index (κ3) is 2.75. The molecule has 1 amide bonds. The lowest BCUT2D eigenvalue weighted by molar-refractivity contribution is 0.0607. The van der Waals surface area contributed by atoms with Crippen molar-refractivity contribution >= 4 is 11.9 Å². The summed E-state index contributed by atoms with van der Waals surface area (Å²) in [6, 6.07) is 1.48. The van der Waals surface area contributed by atoms with Crippen LogP contribution in [0.15, 0.2) is 18.5 Å². The van der Waals surface area contributed by atoms with E-state index in [4.69, 9.17) is 5.11 Å². The molecule has 0 spiro atoms. The molecule has 1 aromatic heterocycles. The van der Waals surface area contributed by atoms with Gasteiger partial charge in [0.05, 0.1) is 11.1 Å². The molecule has 2 rings (SSSR count). The van der Waals surface area contributed by atoms with E-state index in [0.717, 1.165) is 6.42 Å². The summed E-state index contributed by atoms with van der Waals surface area (Å²) in [5.74, 6) is -0.290. The van der Waals surface area contributed by atoms with E-state index >= 15 is 0 Å². The summed E-state index contributed by atoms with van der Waals surface area (Å²) in [6.45, 7) is 5.67. The van der Waals surface area contributed by atoms with E-state index in [1.807, 2.05) is 0 Å². The van der Waals surface area contributed by atoms with E-state index in [1.54, 1.807) is 4.90 Å². The number of aromatic nitrogens is 1. The number of piperidine rings is 1. The van der Waals surface area contributed by atoms with Gasteiger partial charge >= 0.3 is 5.97 Å². The number of carboxylic acid groups (broad SMARTS) is 1. The van der Waals surface area contributed by atoms with Gasteiger partial charge in [-0.2, -0.15) is 0 Å². The van der Waals surface area contributed by atoms with Gasteiger partial charge in [0.2, 0.25) is 0 Å². The zero-order valence-corrected chi connectivity index (χ0v) is 11.2. The van der Waals surface area contributed by atoms with Gasteiger partial charge in [0, 0.05) is 25.5 Å².